The highest BCUT2D eigenvalue weighted by Gasteiger charge is 2.18. The lowest BCUT2D eigenvalue weighted by molar-refractivity contribution is 0.0669. The molecule has 1 aromatic carbocycles. The Morgan fingerprint density at radius 1 is 1.30 bits per heavy atom. The van der Waals surface area contributed by atoms with Gasteiger partial charge in [-0.2, -0.15) is 5.26 Å². The zero-order valence-electron chi connectivity index (χ0n) is 12.1. The van der Waals surface area contributed by atoms with E-state index in [0.717, 1.165) is 30.8 Å². The Morgan fingerprint density at radius 3 is 2.80 bits per heavy atom. The fourth-order valence-corrected chi connectivity index (χ4v) is 2.52. The predicted molar refractivity (Wildman–Crippen MR) is 78.4 cm³/mol. The highest BCUT2D eigenvalue weighted by atomic mass is 16.5. The lowest BCUT2D eigenvalue weighted by Crippen LogP contribution is -2.19. The molecular formula is C17H21NO2. The van der Waals surface area contributed by atoms with Crippen LogP contribution in [0.4, 0.5) is 0 Å². The Balaban J connectivity index is 1.93. The van der Waals surface area contributed by atoms with Crippen LogP contribution in [0.1, 0.15) is 30.9 Å². The van der Waals surface area contributed by atoms with Gasteiger partial charge in [-0.3, -0.25) is 0 Å². The Bertz CT molecular complexity index is 516. The van der Waals surface area contributed by atoms with E-state index < -0.39 is 0 Å². The van der Waals surface area contributed by atoms with Crippen molar-refractivity contribution in [3.8, 4) is 11.8 Å². The number of hydrogen-bond acceptors (Lipinski definition) is 3. The molecule has 3 nitrogen and oxygen atoms in total. The van der Waals surface area contributed by atoms with E-state index in [4.69, 9.17) is 14.7 Å². The summed E-state index contributed by atoms with van der Waals surface area (Å²) in [6.07, 6.45) is 6.73. The monoisotopic (exact) mass is 271 g/mol. The molecule has 0 saturated carbocycles. The van der Waals surface area contributed by atoms with Crippen molar-refractivity contribution < 1.29 is 9.47 Å². The number of hydrogen-bond donors (Lipinski definition) is 0. The minimum absolute atomic E-state index is 0.492. The zero-order valence-corrected chi connectivity index (χ0v) is 12.1. The van der Waals surface area contributed by atoms with Crippen molar-refractivity contribution in [3.05, 3.63) is 41.5 Å². The fourth-order valence-electron chi connectivity index (χ4n) is 2.52. The molecule has 0 radical (unpaired) electrons. The standard InChI is InChI=1S/C17H21NO2/c1-13-5-3-4-6-15(13)11-20-12-16-9-14(10-18)7-8-17(16)19-2/h3-4,7-9,13,15H,5-6,11-12H2,1-2H3. The van der Waals surface area contributed by atoms with Gasteiger partial charge in [-0.05, 0) is 42.9 Å². The maximum absolute atomic E-state index is 8.95. The predicted octanol–water partition coefficient (Wildman–Crippen LogP) is 3.69. The molecule has 2 atom stereocenters. The van der Waals surface area contributed by atoms with E-state index >= 15 is 0 Å². The third-order valence-electron chi connectivity index (χ3n) is 3.92. The SMILES string of the molecule is COc1ccc(C#N)cc1COCC1CC=CCC1C. The second-order valence-corrected chi connectivity index (χ2v) is 5.33. The number of benzene rings is 1. The van der Waals surface area contributed by atoms with Crippen molar-refractivity contribution in [3.63, 3.8) is 0 Å². The van der Waals surface area contributed by atoms with Gasteiger partial charge in [0.05, 0.1) is 32.0 Å². The second-order valence-electron chi connectivity index (χ2n) is 5.33. The van der Waals surface area contributed by atoms with Crippen LogP contribution in [0.25, 0.3) is 0 Å². The largest absolute Gasteiger partial charge is 0.496 e. The number of methoxy groups -OCH3 is 1. The van der Waals surface area contributed by atoms with E-state index in [0.29, 0.717) is 24.0 Å². The van der Waals surface area contributed by atoms with Crippen LogP contribution in [0.2, 0.25) is 0 Å². The summed E-state index contributed by atoms with van der Waals surface area (Å²) in [6, 6.07) is 7.56. The van der Waals surface area contributed by atoms with Gasteiger partial charge in [0, 0.05) is 5.56 Å². The van der Waals surface area contributed by atoms with Gasteiger partial charge in [-0.15, -0.1) is 0 Å². The van der Waals surface area contributed by atoms with Crippen LogP contribution in [0.15, 0.2) is 30.4 Å². The van der Waals surface area contributed by atoms with Crippen molar-refractivity contribution in [2.75, 3.05) is 13.7 Å². The molecule has 106 valence electrons. The summed E-state index contributed by atoms with van der Waals surface area (Å²) in [5, 5.41) is 8.95. The normalized spacial score (nSPS) is 21.4. The molecule has 0 N–H and O–H groups in total. The first-order chi connectivity index (χ1) is 9.74. The smallest absolute Gasteiger partial charge is 0.124 e. The molecule has 1 aliphatic rings. The number of rotatable bonds is 5. The molecule has 2 rings (SSSR count). The van der Waals surface area contributed by atoms with Gasteiger partial charge in [0.1, 0.15) is 5.75 Å². The van der Waals surface area contributed by atoms with Gasteiger partial charge < -0.3 is 9.47 Å². The van der Waals surface area contributed by atoms with Crippen LogP contribution in [0.5, 0.6) is 5.75 Å². The molecule has 0 fully saturated rings. The topological polar surface area (TPSA) is 42.2 Å². The van der Waals surface area contributed by atoms with Gasteiger partial charge >= 0.3 is 0 Å². The Kier molecular flexibility index (Phi) is 5.20. The third kappa shape index (κ3) is 3.61. The lowest BCUT2D eigenvalue weighted by Gasteiger charge is -2.25. The van der Waals surface area contributed by atoms with Crippen molar-refractivity contribution in [2.24, 2.45) is 11.8 Å². The van der Waals surface area contributed by atoms with Crippen LogP contribution in [0.3, 0.4) is 0 Å². The molecule has 0 aromatic heterocycles. The van der Waals surface area contributed by atoms with Crippen LogP contribution in [0, 0.1) is 23.2 Å². The molecule has 0 bridgehead atoms. The molecule has 0 saturated heterocycles. The molecule has 0 spiro atoms. The first-order valence-corrected chi connectivity index (χ1v) is 7.04. The van der Waals surface area contributed by atoms with Crippen molar-refractivity contribution in [1.29, 1.82) is 5.26 Å². The van der Waals surface area contributed by atoms with Gasteiger partial charge in [0.15, 0.2) is 0 Å². The first kappa shape index (κ1) is 14.6. The maximum Gasteiger partial charge on any atom is 0.124 e. The summed E-state index contributed by atoms with van der Waals surface area (Å²) >= 11 is 0. The van der Waals surface area contributed by atoms with Crippen LogP contribution >= 0.6 is 0 Å². The molecule has 1 aromatic rings. The van der Waals surface area contributed by atoms with E-state index in [9.17, 15) is 0 Å². The van der Waals surface area contributed by atoms with Crippen LogP contribution in [-0.2, 0) is 11.3 Å². The molecule has 0 heterocycles. The lowest BCUT2D eigenvalue weighted by atomic mass is 9.85. The second kappa shape index (κ2) is 7.12. The average molecular weight is 271 g/mol. The minimum Gasteiger partial charge on any atom is -0.496 e. The minimum atomic E-state index is 0.492. The summed E-state index contributed by atoms with van der Waals surface area (Å²) in [7, 11) is 1.64. The third-order valence-corrected chi connectivity index (χ3v) is 3.92. The molecule has 0 amide bonds. The van der Waals surface area contributed by atoms with Crippen molar-refractivity contribution in [2.45, 2.75) is 26.4 Å². The van der Waals surface area contributed by atoms with Gasteiger partial charge in [0.25, 0.3) is 0 Å². The highest BCUT2D eigenvalue weighted by Crippen LogP contribution is 2.26. The van der Waals surface area contributed by atoms with E-state index in [1.807, 2.05) is 12.1 Å². The number of allylic oxidation sites excluding steroid dienone is 2. The Morgan fingerprint density at radius 2 is 2.10 bits per heavy atom. The van der Waals surface area contributed by atoms with Crippen molar-refractivity contribution >= 4 is 0 Å². The first-order valence-electron chi connectivity index (χ1n) is 7.04. The fraction of sp³-hybridized carbons (Fsp3) is 0.471. The van der Waals surface area contributed by atoms with Crippen LogP contribution < -0.4 is 4.74 Å². The molecular weight excluding hydrogens is 250 g/mol. The summed E-state index contributed by atoms with van der Waals surface area (Å²) in [5.41, 5.74) is 1.57. The zero-order chi connectivity index (χ0) is 14.4. The van der Waals surface area contributed by atoms with Gasteiger partial charge in [-0.25, -0.2) is 0 Å². The van der Waals surface area contributed by atoms with E-state index in [1.165, 1.54) is 0 Å². The van der Waals surface area contributed by atoms with Gasteiger partial charge in [-0.1, -0.05) is 19.1 Å². The number of nitriles is 1. The summed E-state index contributed by atoms with van der Waals surface area (Å²) in [5.74, 6) is 2.04. The van der Waals surface area contributed by atoms with Crippen molar-refractivity contribution in [1.82, 2.24) is 0 Å². The van der Waals surface area contributed by atoms with E-state index in [1.54, 1.807) is 13.2 Å². The van der Waals surface area contributed by atoms with Gasteiger partial charge in [0.2, 0.25) is 0 Å². The Hall–Kier alpha value is -1.79. The highest BCUT2D eigenvalue weighted by molar-refractivity contribution is 5.41. The molecule has 1 aliphatic carbocycles. The summed E-state index contributed by atoms with van der Waals surface area (Å²) in [6.45, 7) is 3.52. The molecule has 0 aliphatic heterocycles. The summed E-state index contributed by atoms with van der Waals surface area (Å²) < 4.78 is 11.2. The molecule has 2 unspecified atom stereocenters. The molecule has 20 heavy (non-hydrogen) atoms. The number of ether oxygens (including phenoxy) is 2. The van der Waals surface area contributed by atoms with E-state index in [-0.39, 0.29) is 0 Å². The molecule has 3 heteroatoms. The summed E-state index contributed by atoms with van der Waals surface area (Å²) in [4.78, 5) is 0. The van der Waals surface area contributed by atoms with Crippen LogP contribution in [-0.4, -0.2) is 13.7 Å². The van der Waals surface area contributed by atoms with E-state index in [2.05, 4.69) is 25.1 Å². The Labute approximate surface area is 120 Å². The maximum atomic E-state index is 8.95. The number of nitrogens with zero attached hydrogens (tertiary/aromatic N) is 1. The average Bonchev–Trinajstić information content (AvgIpc) is 2.49. The quantitative estimate of drug-likeness (QED) is 0.767.